The van der Waals surface area contributed by atoms with E-state index in [4.69, 9.17) is 4.74 Å². The summed E-state index contributed by atoms with van der Waals surface area (Å²) in [5, 5.41) is 0. The maximum Gasteiger partial charge on any atom is 0.416 e. The summed E-state index contributed by atoms with van der Waals surface area (Å²) in [5.41, 5.74) is -0.332. The highest BCUT2D eigenvalue weighted by Gasteiger charge is 2.31. The van der Waals surface area contributed by atoms with Gasteiger partial charge in [-0.15, -0.1) is 0 Å². The van der Waals surface area contributed by atoms with E-state index in [-0.39, 0.29) is 28.0 Å². The van der Waals surface area contributed by atoms with E-state index in [9.17, 15) is 26.4 Å². The zero-order valence-electron chi connectivity index (χ0n) is 20.0. The molecule has 1 aliphatic carbocycles. The number of carbonyl (C=O) groups excluding carboxylic acids is 1. The van der Waals surface area contributed by atoms with Crippen molar-refractivity contribution in [1.29, 1.82) is 0 Å². The van der Waals surface area contributed by atoms with Crippen LogP contribution in [-0.4, -0.2) is 21.3 Å². The van der Waals surface area contributed by atoms with Gasteiger partial charge in [-0.3, -0.25) is 9.52 Å². The van der Waals surface area contributed by atoms with Gasteiger partial charge in [0.25, 0.3) is 10.0 Å². The van der Waals surface area contributed by atoms with Gasteiger partial charge in [-0.05, 0) is 67.5 Å². The molecule has 1 fully saturated rings. The molecule has 5 nitrogen and oxygen atoms in total. The number of Topliss-reactive ketones (excluding diaryl/α,β-unsaturated/α-hetero) is 1. The van der Waals surface area contributed by atoms with Crippen LogP contribution in [0.5, 0.6) is 5.75 Å². The van der Waals surface area contributed by atoms with Crippen LogP contribution >= 0.6 is 0 Å². The summed E-state index contributed by atoms with van der Waals surface area (Å²) in [5.74, 6) is 0.904. The zero-order chi connectivity index (χ0) is 25.6. The summed E-state index contributed by atoms with van der Waals surface area (Å²) in [7, 11) is -2.86. The number of rotatable bonds is 10. The lowest BCUT2D eigenvalue weighted by molar-refractivity contribution is -0.137. The molecule has 3 rings (SSSR count). The van der Waals surface area contributed by atoms with E-state index in [2.05, 4.69) is 4.72 Å². The number of carbonyl (C=O) groups is 1. The molecule has 35 heavy (non-hydrogen) atoms. The molecule has 0 aromatic heterocycles. The number of alkyl halides is 3. The zero-order valence-corrected chi connectivity index (χ0v) is 20.8. The van der Waals surface area contributed by atoms with Crippen LogP contribution in [0.25, 0.3) is 0 Å². The fourth-order valence-corrected chi connectivity index (χ4v) is 5.85. The second-order valence-corrected chi connectivity index (χ2v) is 10.8. The van der Waals surface area contributed by atoms with Crippen LogP contribution in [0.15, 0.2) is 47.4 Å². The highest BCUT2D eigenvalue weighted by molar-refractivity contribution is 7.92. The Balaban J connectivity index is 1.64. The highest BCUT2D eigenvalue weighted by Crippen LogP contribution is 2.33. The topological polar surface area (TPSA) is 72.5 Å². The van der Waals surface area contributed by atoms with E-state index < -0.39 is 21.8 Å². The number of halogens is 3. The fourth-order valence-electron chi connectivity index (χ4n) is 4.65. The van der Waals surface area contributed by atoms with Crippen molar-refractivity contribution in [3.63, 3.8) is 0 Å². The minimum Gasteiger partial charge on any atom is -0.495 e. The van der Waals surface area contributed by atoms with Crippen molar-refractivity contribution in [2.75, 3.05) is 11.8 Å². The maximum absolute atomic E-state index is 13.0. The predicted molar refractivity (Wildman–Crippen MR) is 129 cm³/mol. The third kappa shape index (κ3) is 7.22. The molecular formula is C26H32F3NO4S. The van der Waals surface area contributed by atoms with Crippen molar-refractivity contribution in [1.82, 2.24) is 0 Å². The number of anilines is 1. The lowest BCUT2D eigenvalue weighted by Gasteiger charge is -2.26. The first-order valence-electron chi connectivity index (χ1n) is 11.9. The number of ketones is 1. The molecule has 1 atom stereocenters. The third-order valence-corrected chi connectivity index (χ3v) is 8.13. The monoisotopic (exact) mass is 511 g/mol. The highest BCUT2D eigenvalue weighted by atomic mass is 32.2. The van der Waals surface area contributed by atoms with Crippen LogP contribution in [0.4, 0.5) is 18.9 Å². The van der Waals surface area contributed by atoms with Gasteiger partial charge in [0.15, 0.2) is 0 Å². The van der Waals surface area contributed by atoms with Gasteiger partial charge in [0, 0.05) is 18.0 Å². The summed E-state index contributed by atoms with van der Waals surface area (Å²) in [6.07, 6.45) is 2.99. The Labute approximate surface area is 205 Å². The lowest BCUT2D eigenvalue weighted by Crippen LogP contribution is -2.23. The number of ether oxygens (including phenoxy) is 1. The number of sulfonamides is 1. The van der Waals surface area contributed by atoms with Crippen LogP contribution in [0.3, 0.4) is 0 Å². The molecule has 0 radical (unpaired) electrons. The van der Waals surface area contributed by atoms with Crippen molar-refractivity contribution in [2.45, 2.75) is 69.4 Å². The first kappa shape index (κ1) is 27.0. The van der Waals surface area contributed by atoms with Crippen molar-refractivity contribution in [2.24, 2.45) is 11.8 Å². The number of benzene rings is 2. The van der Waals surface area contributed by atoms with Gasteiger partial charge in [-0.1, -0.05) is 38.3 Å². The summed E-state index contributed by atoms with van der Waals surface area (Å²) in [4.78, 5) is 12.4. The first-order chi connectivity index (χ1) is 16.5. The van der Waals surface area contributed by atoms with Gasteiger partial charge in [0.2, 0.25) is 0 Å². The first-order valence-corrected chi connectivity index (χ1v) is 13.4. The van der Waals surface area contributed by atoms with Gasteiger partial charge in [-0.2, -0.15) is 13.2 Å². The molecule has 0 spiro atoms. The standard InChI is InChI=1S/C26H32F3NO4S/c1-18(20-9-4-3-5-10-20)23(31)13-6-8-19-14-15-25(24(16-19)34-2)35(32,33)30-22-12-7-11-21(17-22)26(27,28)29/h7,11-12,14-18,20,30H,3-6,8-10,13H2,1-2H3. The Morgan fingerprint density at radius 3 is 2.49 bits per heavy atom. The summed E-state index contributed by atoms with van der Waals surface area (Å²) >= 11 is 0. The van der Waals surface area contributed by atoms with Crippen LogP contribution in [0.1, 0.15) is 63.0 Å². The van der Waals surface area contributed by atoms with Crippen molar-refractivity contribution >= 4 is 21.5 Å². The van der Waals surface area contributed by atoms with Gasteiger partial charge in [0.1, 0.15) is 16.4 Å². The molecule has 1 N–H and O–H groups in total. The summed E-state index contributed by atoms with van der Waals surface area (Å²) in [6.45, 7) is 2.03. The summed E-state index contributed by atoms with van der Waals surface area (Å²) < 4.78 is 72.1. The predicted octanol–water partition coefficient (Wildman–Crippen LogP) is 6.62. The normalized spacial score (nSPS) is 16.0. The molecule has 1 aliphatic rings. The van der Waals surface area contributed by atoms with E-state index in [1.807, 2.05) is 6.92 Å². The second-order valence-electron chi connectivity index (χ2n) is 9.18. The Kier molecular flexibility index (Phi) is 8.85. The van der Waals surface area contributed by atoms with Crippen molar-refractivity contribution in [3.8, 4) is 5.75 Å². The Bertz CT molecular complexity index is 1130. The van der Waals surface area contributed by atoms with Crippen LogP contribution in [-0.2, 0) is 27.4 Å². The van der Waals surface area contributed by atoms with Gasteiger partial charge >= 0.3 is 6.18 Å². The maximum atomic E-state index is 13.0. The SMILES string of the molecule is COc1cc(CCCC(=O)C(C)C2CCCCC2)ccc1S(=O)(=O)Nc1cccc(C(F)(F)F)c1. The van der Waals surface area contributed by atoms with Crippen molar-refractivity contribution < 1.29 is 31.1 Å². The van der Waals surface area contributed by atoms with E-state index in [1.54, 1.807) is 12.1 Å². The van der Waals surface area contributed by atoms with Crippen LogP contribution in [0.2, 0.25) is 0 Å². The minimum atomic E-state index is -4.59. The molecular weight excluding hydrogens is 479 g/mol. The molecule has 0 aliphatic heterocycles. The van der Waals surface area contributed by atoms with E-state index >= 15 is 0 Å². The number of hydrogen-bond acceptors (Lipinski definition) is 4. The molecule has 192 valence electrons. The fraction of sp³-hybridized carbons (Fsp3) is 0.500. The van der Waals surface area contributed by atoms with E-state index in [0.717, 1.165) is 36.6 Å². The molecule has 0 heterocycles. The number of nitrogens with one attached hydrogen (secondary N) is 1. The molecule has 0 saturated heterocycles. The largest absolute Gasteiger partial charge is 0.495 e. The Morgan fingerprint density at radius 2 is 1.83 bits per heavy atom. The van der Waals surface area contributed by atoms with Gasteiger partial charge in [-0.25, -0.2) is 8.42 Å². The summed E-state index contributed by atoms with van der Waals surface area (Å²) in [6, 6.07) is 8.60. The van der Waals surface area contributed by atoms with E-state index in [1.165, 1.54) is 38.5 Å². The Hall–Kier alpha value is -2.55. The molecule has 0 bridgehead atoms. The molecule has 9 heteroatoms. The molecule has 2 aromatic carbocycles. The minimum absolute atomic E-state index is 0.0688. The molecule has 1 unspecified atom stereocenters. The number of methoxy groups -OCH3 is 1. The lowest BCUT2D eigenvalue weighted by atomic mass is 9.78. The van der Waals surface area contributed by atoms with Gasteiger partial charge < -0.3 is 4.74 Å². The van der Waals surface area contributed by atoms with E-state index in [0.29, 0.717) is 25.2 Å². The quantitative estimate of drug-likeness (QED) is 0.389. The molecule has 2 aromatic rings. The average molecular weight is 512 g/mol. The Morgan fingerprint density at radius 1 is 1.11 bits per heavy atom. The molecule has 1 saturated carbocycles. The third-order valence-electron chi connectivity index (χ3n) is 6.71. The smallest absolute Gasteiger partial charge is 0.416 e. The number of aryl methyl sites for hydroxylation is 1. The second kappa shape index (κ2) is 11.5. The average Bonchev–Trinajstić information content (AvgIpc) is 2.83. The van der Waals surface area contributed by atoms with Crippen LogP contribution in [0, 0.1) is 11.8 Å². The number of hydrogen-bond donors (Lipinski definition) is 1. The van der Waals surface area contributed by atoms with Crippen molar-refractivity contribution in [3.05, 3.63) is 53.6 Å². The van der Waals surface area contributed by atoms with Crippen LogP contribution < -0.4 is 9.46 Å². The molecule has 0 amide bonds. The van der Waals surface area contributed by atoms with Gasteiger partial charge in [0.05, 0.1) is 12.7 Å².